The molecule has 0 saturated carbocycles. The molecule has 3 aromatic heterocycles. The fraction of sp³-hybridized carbons (Fsp3) is 0.190. The summed E-state index contributed by atoms with van der Waals surface area (Å²) in [7, 11) is 0. The van der Waals surface area contributed by atoms with Gasteiger partial charge in [0.05, 0.1) is 41.4 Å². The van der Waals surface area contributed by atoms with Gasteiger partial charge in [0.15, 0.2) is 11.3 Å². The van der Waals surface area contributed by atoms with E-state index in [1.165, 1.54) is 27.6 Å². The summed E-state index contributed by atoms with van der Waals surface area (Å²) in [6, 6.07) is 10.6. The number of pyridine rings is 1. The van der Waals surface area contributed by atoms with Crippen LogP contribution in [0.4, 0.5) is 27.6 Å². The third-order valence-corrected chi connectivity index (χ3v) is 5.42. The zero-order chi connectivity index (χ0) is 22.7. The van der Waals surface area contributed by atoms with Crippen LogP contribution in [0.3, 0.4) is 0 Å². The topological polar surface area (TPSA) is 46.3 Å². The monoisotopic (exact) mass is 465 g/mol. The van der Waals surface area contributed by atoms with Crippen LogP contribution in [0.5, 0.6) is 0 Å². The van der Waals surface area contributed by atoms with Gasteiger partial charge in [-0.25, -0.2) is 18.3 Å². The van der Waals surface area contributed by atoms with Crippen LogP contribution in [-0.4, -0.2) is 38.6 Å². The van der Waals surface area contributed by atoms with E-state index in [9.17, 15) is 22.0 Å². The van der Waals surface area contributed by atoms with Gasteiger partial charge < -0.3 is 4.90 Å². The Morgan fingerprint density at radius 3 is 2.50 bits per heavy atom. The second-order valence-corrected chi connectivity index (χ2v) is 7.83. The second kappa shape index (κ2) is 7.13. The summed E-state index contributed by atoms with van der Waals surface area (Å²) in [5.74, 6) is -2.75. The average Bonchev–Trinajstić information content (AvgIpc) is 3.15. The van der Waals surface area contributed by atoms with Gasteiger partial charge in [-0.05, 0) is 36.4 Å². The van der Waals surface area contributed by atoms with E-state index >= 15 is 0 Å². The van der Waals surface area contributed by atoms with Crippen LogP contribution in [0, 0.1) is 0 Å². The summed E-state index contributed by atoms with van der Waals surface area (Å²) in [4.78, 5) is 9.37. The van der Waals surface area contributed by atoms with Gasteiger partial charge >= 0.3 is 6.18 Å². The van der Waals surface area contributed by atoms with E-state index < -0.39 is 30.9 Å². The van der Waals surface area contributed by atoms with E-state index in [0.717, 1.165) is 6.20 Å². The number of fused-ring (bicyclic) bond motifs is 1. The Labute approximate surface area is 183 Å². The van der Waals surface area contributed by atoms with Crippen molar-refractivity contribution in [1.29, 1.82) is 0 Å². The lowest BCUT2D eigenvalue weighted by atomic mass is 10.1. The first-order valence-corrected chi connectivity index (χ1v) is 9.80. The quantitative estimate of drug-likeness (QED) is 0.370. The fourth-order valence-electron chi connectivity index (χ4n) is 3.60. The number of anilines is 1. The molecule has 1 fully saturated rings. The molecule has 5 rings (SSSR count). The van der Waals surface area contributed by atoms with Gasteiger partial charge in [0.25, 0.3) is 5.92 Å². The lowest BCUT2D eigenvalue weighted by molar-refractivity contribution is -0.140. The molecule has 4 heterocycles. The Morgan fingerprint density at radius 1 is 1.00 bits per heavy atom. The fourth-order valence-corrected chi connectivity index (χ4v) is 3.84. The second-order valence-electron chi connectivity index (χ2n) is 7.42. The Kier molecular flexibility index (Phi) is 4.59. The van der Waals surface area contributed by atoms with E-state index in [1.807, 2.05) is 0 Å². The largest absolute Gasteiger partial charge is 0.434 e. The Hall–Kier alpha value is -3.27. The molecular formula is C21H13ClF5N5. The normalized spacial score (nSPS) is 15.8. The number of nitrogens with zero attached hydrogens (tertiary/aromatic N) is 5. The summed E-state index contributed by atoms with van der Waals surface area (Å²) >= 11 is 6.18. The molecule has 0 unspecified atom stereocenters. The first-order chi connectivity index (χ1) is 15.1. The number of hydrogen-bond acceptors (Lipinski definition) is 4. The molecule has 32 heavy (non-hydrogen) atoms. The van der Waals surface area contributed by atoms with Crippen molar-refractivity contribution in [2.24, 2.45) is 0 Å². The molecule has 1 aliphatic heterocycles. The van der Waals surface area contributed by atoms with E-state index in [2.05, 4.69) is 15.1 Å². The third-order valence-electron chi connectivity index (χ3n) is 5.10. The van der Waals surface area contributed by atoms with Gasteiger partial charge in [-0.3, -0.25) is 4.98 Å². The van der Waals surface area contributed by atoms with Gasteiger partial charge in [0, 0.05) is 17.3 Å². The molecule has 0 bridgehead atoms. The molecule has 1 aromatic carbocycles. The van der Waals surface area contributed by atoms with Crippen LogP contribution in [0.25, 0.3) is 28.2 Å². The Morgan fingerprint density at radius 2 is 1.78 bits per heavy atom. The summed E-state index contributed by atoms with van der Waals surface area (Å²) in [6.45, 7) is -0.836. The highest BCUT2D eigenvalue weighted by atomic mass is 35.5. The van der Waals surface area contributed by atoms with E-state index in [4.69, 9.17) is 11.6 Å². The highest BCUT2D eigenvalue weighted by Crippen LogP contribution is 2.38. The SMILES string of the molecule is FC1(F)CN(c2cc(-c3cn4nc(-c5cccnc5C(F)(F)F)ccc4n3)ccc2Cl)C1. The molecule has 0 spiro atoms. The maximum atomic E-state index is 13.3. The molecule has 4 aromatic rings. The van der Waals surface area contributed by atoms with Crippen LogP contribution in [0.1, 0.15) is 5.69 Å². The highest BCUT2D eigenvalue weighted by Gasteiger charge is 2.44. The number of imidazole rings is 1. The van der Waals surface area contributed by atoms with Crippen LogP contribution >= 0.6 is 11.6 Å². The molecule has 0 aliphatic carbocycles. The van der Waals surface area contributed by atoms with Crippen molar-refractivity contribution >= 4 is 22.9 Å². The number of halogens is 6. The molecular weight excluding hydrogens is 453 g/mol. The number of alkyl halides is 5. The first kappa shape index (κ1) is 20.6. The van der Waals surface area contributed by atoms with Gasteiger partial charge in [0.1, 0.15) is 0 Å². The molecule has 164 valence electrons. The molecule has 1 aliphatic rings. The molecule has 0 N–H and O–H groups in total. The van der Waals surface area contributed by atoms with E-state index in [-0.39, 0.29) is 11.3 Å². The number of aromatic nitrogens is 4. The first-order valence-electron chi connectivity index (χ1n) is 9.42. The molecule has 1 saturated heterocycles. The number of rotatable bonds is 3. The van der Waals surface area contributed by atoms with Crippen molar-refractivity contribution in [3.8, 4) is 22.5 Å². The zero-order valence-electron chi connectivity index (χ0n) is 16.1. The predicted molar refractivity (Wildman–Crippen MR) is 109 cm³/mol. The van der Waals surface area contributed by atoms with Gasteiger partial charge in [-0.1, -0.05) is 17.7 Å². The van der Waals surface area contributed by atoms with Crippen LogP contribution in [0.2, 0.25) is 5.02 Å². The van der Waals surface area contributed by atoms with Crippen molar-refractivity contribution in [2.45, 2.75) is 12.1 Å². The van der Waals surface area contributed by atoms with E-state index in [1.54, 1.807) is 30.5 Å². The van der Waals surface area contributed by atoms with Crippen molar-refractivity contribution < 1.29 is 22.0 Å². The van der Waals surface area contributed by atoms with Crippen molar-refractivity contribution in [3.63, 3.8) is 0 Å². The standard InChI is InChI=1S/C21H13ClF5N5/c22-14-4-3-12(8-17(14)31-10-20(23,24)11-31)16-9-32-18(29-16)6-5-15(30-32)13-2-1-7-28-19(13)21(25,26)27/h1-9H,10-11H2. The molecule has 0 amide bonds. The maximum Gasteiger partial charge on any atom is 0.434 e. The van der Waals surface area contributed by atoms with Crippen LogP contribution in [0.15, 0.2) is 54.9 Å². The summed E-state index contributed by atoms with van der Waals surface area (Å²) in [6.07, 6.45) is -1.99. The molecule has 5 nitrogen and oxygen atoms in total. The van der Waals surface area contributed by atoms with Gasteiger partial charge in [0.2, 0.25) is 0 Å². The minimum atomic E-state index is -4.62. The zero-order valence-corrected chi connectivity index (χ0v) is 16.9. The highest BCUT2D eigenvalue weighted by molar-refractivity contribution is 6.33. The van der Waals surface area contributed by atoms with Gasteiger partial charge in [-0.2, -0.15) is 18.3 Å². The van der Waals surface area contributed by atoms with Crippen LogP contribution in [-0.2, 0) is 6.18 Å². The number of benzene rings is 1. The minimum absolute atomic E-state index is 0.0847. The van der Waals surface area contributed by atoms with Crippen molar-refractivity contribution in [2.75, 3.05) is 18.0 Å². The van der Waals surface area contributed by atoms with Gasteiger partial charge in [-0.15, -0.1) is 0 Å². The summed E-state index contributed by atoms with van der Waals surface area (Å²) in [5.41, 5.74) is 0.872. The average molecular weight is 466 g/mol. The predicted octanol–water partition coefficient (Wildman–Crippen LogP) is 5.59. The minimum Gasteiger partial charge on any atom is -0.358 e. The smallest absolute Gasteiger partial charge is 0.358 e. The lowest BCUT2D eigenvalue weighted by Gasteiger charge is -2.40. The van der Waals surface area contributed by atoms with Crippen LogP contribution < -0.4 is 4.90 Å². The maximum absolute atomic E-state index is 13.3. The third kappa shape index (κ3) is 3.64. The van der Waals surface area contributed by atoms with Crippen molar-refractivity contribution in [1.82, 2.24) is 19.6 Å². The van der Waals surface area contributed by atoms with Crippen molar-refractivity contribution in [3.05, 3.63) is 65.6 Å². The molecule has 11 heteroatoms. The summed E-state index contributed by atoms with van der Waals surface area (Å²) in [5, 5.41) is 4.60. The van der Waals surface area contributed by atoms with E-state index in [0.29, 0.717) is 27.6 Å². The summed E-state index contributed by atoms with van der Waals surface area (Å²) < 4.78 is 67.9. The molecule has 0 atom stereocenters. The number of hydrogen-bond donors (Lipinski definition) is 0. The lowest BCUT2D eigenvalue weighted by Crippen LogP contribution is -2.56. The Balaban J connectivity index is 1.53. The Bertz CT molecular complexity index is 1330. The molecule has 0 radical (unpaired) electrons.